The first-order valence-corrected chi connectivity index (χ1v) is 7.85. The van der Waals surface area contributed by atoms with E-state index in [0.29, 0.717) is 17.5 Å². The Hall–Kier alpha value is -1.46. The van der Waals surface area contributed by atoms with Crippen LogP contribution in [0.3, 0.4) is 0 Å². The van der Waals surface area contributed by atoms with E-state index in [4.69, 9.17) is 14.2 Å². The van der Waals surface area contributed by atoms with Gasteiger partial charge >= 0.3 is 0 Å². The molecule has 1 aromatic rings. The van der Waals surface area contributed by atoms with Crippen molar-refractivity contribution >= 4 is 0 Å². The van der Waals surface area contributed by atoms with Crippen molar-refractivity contribution in [3.8, 4) is 17.2 Å². The monoisotopic (exact) mass is 308 g/mol. The molecule has 1 aliphatic rings. The predicted octanol–water partition coefficient (Wildman–Crippen LogP) is 2.24. The van der Waals surface area contributed by atoms with Crippen molar-refractivity contribution in [3.05, 3.63) is 17.7 Å². The Bertz CT molecular complexity index is 493. The standard InChI is InChI=1S/C17H28N2O3/c1-6-14-12-19(10-9-18(14)2)11-13-7-8-15(20-3)17(22-5)16(13)21-4/h7-8,14H,6,9-12H2,1-5H3/t14-/m0/s1. The van der Waals surface area contributed by atoms with Crippen LogP contribution in [-0.2, 0) is 6.54 Å². The zero-order valence-corrected chi connectivity index (χ0v) is 14.4. The smallest absolute Gasteiger partial charge is 0.203 e. The van der Waals surface area contributed by atoms with Crippen LogP contribution in [0.5, 0.6) is 17.2 Å². The van der Waals surface area contributed by atoms with Crippen LogP contribution in [0.1, 0.15) is 18.9 Å². The van der Waals surface area contributed by atoms with Gasteiger partial charge < -0.3 is 19.1 Å². The molecule has 0 N–H and O–H groups in total. The molecular formula is C17H28N2O3. The van der Waals surface area contributed by atoms with E-state index in [1.54, 1.807) is 21.3 Å². The second-order valence-corrected chi connectivity index (χ2v) is 5.77. The van der Waals surface area contributed by atoms with Crippen LogP contribution < -0.4 is 14.2 Å². The second-order valence-electron chi connectivity index (χ2n) is 5.77. The summed E-state index contributed by atoms with van der Waals surface area (Å²) in [5.74, 6) is 2.14. The Labute approximate surface area is 133 Å². The molecule has 124 valence electrons. The fourth-order valence-electron chi connectivity index (χ4n) is 3.12. The molecule has 0 unspecified atom stereocenters. The zero-order chi connectivity index (χ0) is 16.1. The van der Waals surface area contributed by atoms with Crippen molar-refractivity contribution in [2.75, 3.05) is 48.0 Å². The van der Waals surface area contributed by atoms with Gasteiger partial charge in [-0.1, -0.05) is 13.0 Å². The summed E-state index contributed by atoms with van der Waals surface area (Å²) in [5, 5.41) is 0. The van der Waals surface area contributed by atoms with Crippen molar-refractivity contribution < 1.29 is 14.2 Å². The molecule has 0 saturated carbocycles. The number of ether oxygens (including phenoxy) is 3. The lowest BCUT2D eigenvalue weighted by Crippen LogP contribution is -2.50. The lowest BCUT2D eigenvalue weighted by molar-refractivity contribution is 0.0877. The number of hydrogen-bond donors (Lipinski definition) is 0. The molecule has 0 aliphatic carbocycles. The zero-order valence-electron chi connectivity index (χ0n) is 14.4. The van der Waals surface area contributed by atoms with Gasteiger partial charge in [0.15, 0.2) is 11.5 Å². The maximum atomic E-state index is 5.58. The molecule has 0 radical (unpaired) electrons. The van der Waals surface area contributed by atoms with E-state index in [0.717, 1.165) is 37.5 Å². The van der Waals surface area contributed by atoms with Gasteiger partial charge in [-0.05, 0) is 19.5 Å². The van der Waals surface area contributed by atoms with Gasteiger partial charge in [-0.25, -0.2) is 0 Å². The second kappa shape index (κ2) is 7.70. The summed E-state index contributed by atoms with van der Waals surface area (Å²) >= 11 is 0. The lowest BCUT2D eigenvalue weighted by Gasteiger charge is -2.39. The number of hydrogen-bond acceptors (Lipinski definition) is 5. The van der Waals surface area contributed by atoms with Gasteiger partial charge in [0.1, 0.15) is 0 Å². The molecule has 0 amide bonds. The number of rotatable bonds is 6. The van der Waals surface area contributed by atoms with Gasteiger partial charge in [-0.3, -0.25) is 4.90 Å². The van der Waals surface area contributed by atoms with Crippen molar-refractivity contribution in [2.45, 2.75) is 25.9 Å². The van der Waals surface area contributed by atoms with Crippen LogP contribution in [0.2, 0.25) is 0 Å². The number of nitrogens with zero attached hydrogens (tertiary/aromatic N) is 2. The minimum atomic E-state index is 0.625. The Morgan fingerprint density at radius 1 is 1.05 bits per heavy atom. The molecule has 2 rings (SSSR count). The molecule has 0 spiro atoms. The molecule has 5 heteroatoms. The molecule has 1 aromatic carbocycles. The summed E-state index contributed by atoms with van der Waals surface area (Å²) in [4.78, 5) is 4.93. The first kappa shape index (κ1) is 16.9. The van der Waals surface area contributed by atoms with Crippen molar-refractivity contribution in [2.24, 2.45) is 0 Å². The number of piperazine rings is 1. The van der Waals surface area contributed by atoms with E-state index in [9.17, 15) is 0 Å². The van der Waals surface area contributed by atoms with E-state index in [-0.39, 0.29) is 0 Å². The van der Waals surface area contributed by atoms with Gasteiger partial charge in [0.25, 0.3) is 0 Å². The molecule has 1 fully saturated rings. The highest BCUT2D eigenvalue weighted by molar-refractivity contribution is 5.55. The van der Waals surface area contributed by atoms with E-state index in [1.807, 2.05) is 6.07 Å². The molecule has 1 aliphatic heterocycles. The fourth-order valence-corrected chi connectivity index (χ4v) is 3.12. The minimum Gasteiger partial charge on any atom is -0.493 e. The summed E-state index contributed by atoms with van der Waals surface area (Å²) in [5.41, 5.74) is 1.14. The van der Waals surface area contributed by atoms with Crippen LogP contribution in [-0.4, -0.2) is 63.9 Å². The van der Waals surface area contributed by atoms with Crippen LogP contribution in [0, 0.1) is 0 Å². The first-order valence-electron chi connectivity index (χ1n) is 7.85. The Morgan fingerprint density at radius 3 is 2.36 bits per heavy atom. The minimum absolute atomic E-state index is 0.625. The molecule has 0 bridgehead atoms. The third-order valence-corrected chi connectivity index (χ3v) is 4.51. The Kier molecular flexibility index (Phi) is 5.91. The third kappa shape index (κ3) is 3.47. The number of benzene rings is 1. The van der Waals surface area contributed by atoms with E-state index in [1.165, 1.54) is 6.42 Å². The van der Waals surface area contributed by atoms with Crippen molar-refractivity contribution in [1.29, 1.82) is 0 Å². The topological polar surface area (TPSA) is 34.2 Å². The maximum absolute atomic E-state index is 5.58. The Balaban J connectivity index is 2.19. The molecule has 1 saturated heterocycles. The third-order valence-electron chi connectivity index (χ3n) is 4.51. The summed E-state index contributed by atoms with van der Waals surface area (Å²) in [6.45, 7) is 6.39. The predicted molar refractivity (Wildman–Crippen MR) is 88.1 cm³/mol. The number of likely N-dealkylation sites (N-methyl/N-ethyl adjacent to an activating group) is 1. The van der Waals surface area contributed by atoms with Gasteiger partial charge in [-0.15, -0.1) is 0 Å². The normalized spacial score (nSPS) is 20.0. The Morgan fingerprint density at radius 2 is 1.77 bits per heavy atom. The quantitative estimate of drug-likeness (QED) is 0.805. The van der Waals surface area contributed by atoms with E-state index in [2.05, 4.69) is 29.8 Å². The van der Waals surface area contributed by atoms with E-state index < -0.39 is 0 Å². The van der Waals surface area contributed by atoms with Crippen LogP contribution in [0.15, 0.2) is 12.1 Å². The summed E-state index contributed by atoms with van der Waals surface area (Å²) in [7, 11) is 7.18. The average Bonchev–Trinajstić information content (AvgIpc) is 2.55. The summed E-state index contributed by atoms with van der Waals surface area (Å²) in [6, 6.07) is 4.64. The highest BCUT2D eigenvalue weighted by atomic mass is 16.5. The largest absolute Gasteiger partial charge is 0.493 e. The molecule has 22 heavy (non-hydrogen) atoms. The van der Waals surface area contributed by atoms with Crippen molar-refractivity contribution in [3.63, 3.8) is 0 Å². The van der Waals surface area contributed by atoms with Gasteiger partial charge in [0.2, 0.25) is 5.75 Å². The molecule has 0 aromatic heterocycles. The summed E-state index contributed by atoms with van der Waals surface area (Å²) < 4.78 is 16.4. The van der Waals surface area contributed by atoms with Crippen LogP contribution >= 0.6 is 0 Å². The highest BCUT2D eigenvalue weighted by Gasteiger charge is 2.24. The summed E-state index contributed by atoms with van der Waals surface area (Å²) in [6.07, 6.45) is 1.18. The molecular weight excluding hydrogens is 280 g/mol. The first-order chi connectivity index (χ1) is 10.6. The van der Waals surface area contributed by atoms with Crippen molar-refractivity contribution in [1.82, 2.24) is 9.80 Å². The van der Waals surface area contributed by atoms with Crippen LogP contribution in [0.25, 0.3) is 0 Å². The van der Waals surface area contributed by atoms with Gasteiger partial charge in [0, 0.05) is 37.8 Å². The molecule has 1 heterocycles. The maximum Gasteiger partial charge on any atom is 0.203 e. The number of methoxy groups -OCH3 is 3. The SMILES string of the molecule is CC[C@H]1CN(Cc2ccc(OC)c(OC)c2OC)CCN1C. The highest BCUT2D eigenvalue weighted by Crippen LogP contribution is 2.40. The molecule has 1 atom stereocenters. The average molecular weight is 308 g/mol. The van der Waals surface area contributed by atoms with Gasteiger partial charge in [-0.2, -0.15) is 0 Å². The fraction of sp³-hybridized carbons (Fsp3) is 0.647. The van der Waals surface area contributed by atoms with E-state index >= 15 is 0 Å². The molecule has 5 nitrogen and oxygen atoms in total. The van der Waals surface area contributed by atoms with Crippen LogP contribution in [0.4, 0.5) is 0 Å². The lowest BCUT2D eigenvalue weighted by atomic mass is 10.1. The van der Waals surface area contributed by atoms with Gasteiger partial charge in [0.05, 0.1) is 21.3 Å².